The van der Waals surface area contributed by atoms with Crippen LogP contribution in [0.2, 0.25) is 0 Å². The van der Waals surface area contributed by atoms with Crippen molar-refractivity contribution in [2.45, 2.75) is 18.9 Å². The number of carbonyl (C=O) groups excluding carboxylic acids is 2. The van der Waals surface area contributed by atoms with Crippen LogP contribution in [-0.2, 0) is 4.74 Å². The second-order valence-electron chi connectivity index (χ2n) is 7.79. The van der Waals surface area contributed by atoms with E-state index in [0.717, 1.165) is 29.7 Å². The first-order valence-electron chi connectivity index (χ1n) is 10.7. The minimum absolute atomic E-state index is 0.00453. The van der Waals surface area contributed by atoms with Crippen molar-refractivity contribution in [3.63, 3.8) is 0 Å². The van der Waals surface area contributed by atoms with E-state index in [0.29, 0.717) is 28.4 Å². The quantitative estimate of drug-likeness (QED) is 0.378. The van der Waals surface area contributed by atoms with Crippen LogP contribution in [0.5, 0.6) is 0 Å². The van der Waals surface area contributed by atoms with Crippen LogP contribution in [0.1, 0.15) is 39.1 Å². The van der Waals surface area contributed by atoms with Gasteiger partial charge in [-0.15, -0.1) is 0 Å². The molecule has 160 valence electrons. The van der Waals surface area contributed by atoms with E-state index in [1.54, 1.807) is 41.3 Å². The second kappa shape index (κ2) is 9.02. The molecule has 0 spiro atoms. The minimum Gasteiger partial charge on any atom is -0.376 e. The summed E-state index contributed by atoms with van der Waals surface area (Å²) >= 11 is 1.50. The van der Waals surface area contributed by atoms with E-state index in [1.165, 1.54) is 11.3 Å². The molecule has 2 heterocycles. The van der Waals surface area contributed by atoms with Crippen LogP contribution in [-0.4, -0.2) is 35.9 Å². The highest BCUT2D eigenvalue weighted by atomic mass is 32.1. The topological polar surface area (TPSA) is 59.5 Å². The zero-order chi connectivity index (χ0) is 21.9. The van der Waals surface area contributed by atoms with E-state index in [1.807, 2.05) is 42.5 Å². The Balaban J connectivity index is 1.43. The van der Waals surface area contributed by atoms with E-state index in [-0.39, 0.29) is 17.8 Å². The van der Waals surface area contributed by atoms with E-state index >= 15 is 0 Å². The van der Waals surface area contributed by atoms with Crippen molar-refractivity contribution >= 4 is 38.4 Å². The number of hydrogen-bond donors (Lipinski definition) is 0. The number of rotatable bonds is 6. The number of anilines is 1. The highest BCUT2D eigenvalue weighted by Gasteiger charge is 2.27. The van der Waals surface area contributed by atoms with Crippen LogP contribution >= 0.6 is 11.3 Å². The summed E-state index contributed by atoms with van der Waals surface area (Å²) in [4.78, 5) is 32.6. The molecular formula is C26H22N2O3S. The van der Waals surface area contributed by atoms with Crippen LogP contribution in [0.4, 0.5) is 5.13 Å². The van der Waals surface area contributed by atoms with Gasteiger partial charge in [0.2, 0.25) is 0 Å². The Morgan fingerprint density at radius 2 is 1.59 bits per heavy atom. The zero-order valence-electron chi connectivity index (χ0n) is 17.4. The van der Waals surface area contributed by atoms with Crippen molar-refractivity contribution in [1.29, 1.82) is 0 Å². The van der Waals surface area contributed by atoms with Gasteiger partial charge in [0.25, 0.3) is 5.91 Å². The molecule has 1 aliphatic heterocycles. The Bertz CT molecular complexity index is 1210. The van der Waals surface area contributed by atoms with Crippen molar-refractivity contribution in [2.24, 2.45) is 0 Å². The molecule has 1 saturated heterocycles. The number of benzene rings is 3. The van der Waals surface area contributed by atoms with Crippen LogP contribution in [0, 0.1) is 0 Å². The van der Waals surface area contributed by atoms with Crippen molar-refractivity contribution < 1.29 is 14.3 Å². The average molecular weight is 443 g/mol. The van der Waals surface area contributed by atoms with Crippen LogP contribution in [0.15, 0.2) is 78.9 Å². The molecule has 1 amide bonds. The number of fused-ring (bicyclic) bond motifs is 1. The SMILES string of the molecule is O=C(c1ccccc1)c1ccc(C(=O)N(CC2CCCO2)c2nc3ccccc3s2)cc1. The predicted molar refractivity (Wildman–Crippen MR) is 127 cm³/mol. The van der Waals surface area contributed by atoms with Gasteiger partial charge >= 0.3 is 0 Å². The van der Waals surface area contributed by atoms with Gasteiger partial charge < -0.3 is 4.74 Å². The molecule has 6 heteroatoms. The molecule has 0 N–H and O–H groups in total. The molecule has 1 aliphatic rings. The summed E-state index contributed by atoms with van der Waals surface area (Å²) in [6, 6.07) is 23.9. The number of carbonyl (C=O) groups is 2. The Morgan fingerprint density at radius 1 is 0.906 bits per heavy atom. The predicted octanol–water partition coefficient (Wildman–Crippen LogP) is 5.35. The van der Waals surface area contributed by atoms with Gasteiger partial charge in [-0.3, -0.25) is 14.5 Å². The highest BCUT2D eigenvalue weighted by Crippen LogP contribution is 2.31. The summed E-state index contributed by atoms with van der Waals surface area (Å²) in [5.74, 6) is -0.203. The molecule has 0 radical (unpaired) electrons. The average Bonchev–Trinajstić information content (AvgIpc) is 3.52. The largest absolute Gasteiger partial charge is 0.376 e. The standard InChI is InChI=1S/C26H22N2O3S/c29-24(18-7-2-1-3-8-18)19-12-14-20(15-13-19)25(30)28(17-21-9-6-16-31-21)26-27-22-10-4-5-11-23(22)32-26/h1-5,7-8,10-15,21H,6,9,16-17H2. The van der Waals surface area contributed by atoms with Crippen LogP contribution in [0.3, 0.4) is 0 Å². The van der Waals surface area contributed by atoms with Crippen molar-refractivity contribution in [2.75, 3.05) is 18.1 Å². The zero-order valence-corrected chi connectivity index (χ0v) is 18.3. The lowest BCUT2D eigenvalue weighted by molar-refractivity contribution is 0.0917. The lowest BCUT2D eigenvalue weighted by Crippen LogP contribution is -2.37. The van der Waals surface area contributed by atoms with E-state index in [9.17, 15) is 9.59 Å². The number of ether oxygens (including phenoxy) is 1. The second-order valence-corrected chi connectivity index (χ2v) is 8.80. The number of ketones is 1. The summed E-state index contributed by atoms with van der Waals surface area (Å²) in [6.07, 6.45) is 1.94. The third-order valence-corrected chi connectivity index (χ3v) is 6.66. The van der Waals surface area contributed by atoms with Gasteiger partial charge in [-0.05, 0) is 37.1 Å². The molecule has 4 aromatic rings. The van der Waals surface area contributed by atoms with Crippen LogP contribution < -0.4 is 4.90 Å². The third-order valence-electron chi connectivity index (χ3n) is 5.60. The minimum atomic E-state index is -0.140. The maximum Gasteiger partial charge on any atom is 0.260 e. The monoisotopic (exact) mass is 442 g/mol. The molecule has 1 atom stereocenters. The van der Waals surface area contributed by atoms with E-state index in [2.05, 4.69) is 0 Å². The number of para-hydroxylation sites is 1. The first kappa shape index (κ1) is 20.5. The fraction of sp³-hybridized carbons (Fsp3) is 0.192. The summed E-state index contributed by atoms with van der Waals surface area (Å²) in [7, 11) is 0. The number of amides is 1. The van der Waals surface area contributed by atoms with Crippen molar-refractivity contribution in [3.8, 4) is 0 Å². The molecular weight excluding hydrogens is 420 g/mol. The van der Waals surface area contributed by atoms with Crippen LogP contribution in [0.25, 0.3) is 10.2 Å². The summed E-state index contributed by atoms with van der Waals surface area (Å²) in [6.45, 7) is 1.19. The Kier molecular flexibility index (Phi) is 5.79. The summed E-state index contributed by atoms with van der Waals surface area (Å²) < 4.78 is 6.84. The van der Waals surface area contributed by atoms with Gasteiger partial charge in [-0.2, -0.15) is 0 Å². The van der Waals surface area contributed by atoms with Gasteiger partial charge in [0.1, 0.15) is 0 Å². The first-order chi connectivity index (χ1) is 15.7. The molecule has 0 aliphatic carbocycles. The van der Waals surface area contributed by atoms with Gasteiger partial charge in [-0.25, -0.2) is 4.98 Å². The van der Waals surface area contributed by atoms with Gasteiger partial charge in [0, 0.05) is 23.3 Å². The number of hydrogen-bond acceptors (Lipinski definition) is 5. The molecule has 0 bridgehead atoms. The van der Waals surface area contributed by atoms with Crippen molar-refractivity contribution in [3.05, 3.63) is 95.6 Å². The maximum atomic E-state index is 13.5. The molecule has 32 heavy (non-hydrogen) atoms. The fourth-order valence-electron chi connectivity index (χ4n) is 3.89. The Hall–Kier alpha value is -3.35. The fourth-order valence-corrected chi connectivity index (χ4v) is 4.86. The highest BCUT2D eigenvalue weighted by molar-refractivity contribution is 7.22. The first-order valence-corrected chi connectivity index (χ1v) is 11.5. The van der Waals surface area contributed by atoms with Gasteiger partial charge in [0.15, 0.2) is 10.9 Å². The lowest BCUT2D eigenvalue weighted by atomic mass is 10.0. The lowest BCUT2D eigenvalue weighted by Gasteiger charge is -2.23. The van der Waals surface area contributed by atoms with Crippen molar-refractivity contribution in [1.82, 2.24) is 4.98 Å². The van der Waals surface area contributed by atoms with E-state index in [4.69, 9.17) is 9.72 Å². The number of thiazole rings is 1. The number of nitrogens with zero attached hydrogens (tertiary/aromatic N) is 2. The molecule has 0 saturated carbocycles. The maximum absolute atomic E-state index is 13.5. The van der Waals surface area contributed by atoms with Gasteiger partial charge in [0.05, 0.1) is 22.9 Å². The summed E-state index contributed by atoms with van der Waals surface area (Å²) in [5, 5.41) is 0.663. The molecule has 5 nitrogen and oxygen atoms in total. The number of aromatic nitrogens is 1. The molecule has 1 fully saturated rings. The molecule has 1 unspecified atom stereocenters. The third kappa shape index (κ3) is 4.20. The molecule has 3 aromatic carbocycles. The molecule has 1 aromatic heterocycles. The molecule has 5 rings (SSSR count). The smallest absolute Gasteiger partial charge is 0.260 e. The van der Waals surface area contributed by atoms with E-state index < -0.39 is 0 Å². The summed E-state index contributed by atoms with van der Waals surface area (Å²) in [5.41, 5.74) is 2.58. The normalized spacial score (nSPS) is 15.7. The van der Waals surface area contributed by atoms with Gasteiger partial charge in [-0.1, -0.05) is 65.9 Å². The Morgan fingerprint density at radius 3 is 2.31 bits per heavy atom. The Labute approximate surface area is 190 Å².